The van der Waals surface area contributed by atoms with Crippen LogP contribution in [0.25, 0.3) is 0 Å². The van der Waals surface area contributed by atoms with E-state index in [0.717, 1.165) is 0 Å². The Morgan fingerprint density at radius 1 is 1.06 bits per heavy atom. The van der Waals surface area contributed by atoms with Gasteiger partial charge in [-0.15, -0.1) is 0 Å². The van der Waals surface area contributed by atoms with E-state index >= 15 is 0 Å². The standard InChI is InChI=1S/C35H41N3O15/c1-17-29(42)20(38-34(47)37-7-9-51-11-10-50-8-6-36-16-40)12-24(52-17)53-22-14-35(48,23(41)15-39)13-19-26(22)33(46)28-27(31(19)44)30(43)18-4-3-5-21(49-2)25(18)32(28)45/h3-5,17,20,22,24,29,39,42,44,46,48H,6-15H2,1-2H3,(H2,37,38,47)/t17-,20?,22+,24?,29+,35+/m1/s1. The summed E-state index contributed by atoms with van der Waals surface area (Å²) in [6.45, 7) is 1.60. The number of benzene rings is 2. The zero-order chi connectivity index (χ0) is 38.4. The van der Waals surface area contributed by atoms with Crippen molar-refractivity contribution in [2.24, 2.45) is 4.99 Å². The van der Waals surface area contributed by atoms with E-state index < -0.39 is 102 Å². The van der Waals surface area contributed by atoms with Gasteiger partial charge < -0.3 is 59.9 Å². The summed E-state index contributed by atoms with van der Waals surface area (Å²) in [7, 11) is 1.30. The van der Waals surface area contributed by atoms with Gasteiger partial charge in [0, 0.05) is 42.5 Å². The van der Waals surface area contributed by atoms with E-state index in [1.54, 1.807) is 0 Å². The molecule has 0 aromatic heterocycles. The zero-order valence-electron chi connectivity index (χ0n) is 29.0. The largest absolute Gasteiger partial charge is 0.507 e. The lowest BCUT2D eigenvalue weighted by molar-refractivity contribution is -0.249. The lowest BCUT2D eigenvalue weighted by Gasteiger charge is -2.42. The molecule has 18 heteroatoms. The molecule has 2 aromatic carbocycles. The molecule has 0 saturated carbocycles. The highest BCUT2D eigenvalue weighted by Gasteiger charge is 2.50. The number of amides is 2. The third-order valence-electron chi connectivity index (χ3n) is 9.39. The molecule has 2 unspecified atom stereocenters. The predicted octanol–water partition coefficient (Wildman–Crippen LogP) is -0.289. The Morgan fingerprint density at radius 2 is 1.77 bits per heavy atom. The molecule has 0 bridgehead atoms. The number of nitrogens with one attached hydrogen (secondary N) is 2. The first-order valence-corrected chi connectivity index (χ1v) is 16.8. The normalized spacial score (nSPS) is 24.7. The minimum absolute atomic E-state index is 0.0567. The van der Waals surface area contributed by atoms with E-state index in [4.69, 9.17) is 23.7 Å². The number of phenols is 2. The van der Waals surface area contributed by atoms with Crippen molar-refractivity contribution in [1.82, 2.24) is 10.6 Å². The number of urea groups is 1. The van der Waals surface area contributed by atoms with Gasteiger partial charge in [-0.3, -0.25) is 14.4 Å². The summed E-state index contributed by atoms with van der Waals surface area (Å²) in [4.78, 5) is 66.5. The molecule has 5 rings (SSSR count). The number of ether oxygens (including phenoxy) is 5. The number of fused-ring (bicyclic) bond motifs is 3. The van der Waals surface area contributed by atoms with Crippen molar-refractivity contribution in [3.05, 3.63) is 51.6 Å². The van der Waals surface area contributed by atoms with Gasteiger partial charge in [0.05, 0.1) is 75.0 Å². The molecule has 2 aromatic rings. The number of methoxy groups -OCH3 is 1. The van der Waals surface area contributed by atoms with Crippen LogP contribution < -0.4 is 15.4 Å². The highest BCUT2D eigenvalue weighted by atomic mass is 16.7. The number of aliphatic hydroxyl groups excluding tert-OH is 2. The summed E-state index contributed by atoms with van der Waals surface area (Å²) < 4.78 is 27.9. The second-order valence-electron chi connectivity index (χ2n) is 12.7. The Balaban J connectivity index is 1.35. The molecule has 0 spiro atoms. The van der Waals surface area contributed by atoms with E-state index in [1.165, 1.54) is 38.3 Å². The highest BCUT2D eigenvalue weighted by molar-refractivity contribution is 6.31. The number of isocyanates is 1. The Morgan fingerprint density at radius 3 is 2.47 bits per heavy atom. The van der Waals surface area contributed by atoms with Crippen LogP contribution in [0.5, 0.6) is 17.2 Å². The fourth-order valence-corrected chi connectivity index (χ4v) is 6.79. The van der Waals surface area contributed by atoms with Gasteiger partial charge in [0.2, 0.25) is 11.9 Å². The monoisotopic (exact) mass is 743 g/mol. The van der Waals surface area contributed by atoms with Crippen molar-refractivity contribution in [2.75, 3.05) is 53.2 Å². The van der Waals surface area contributed by atoms with Gasteiger partial charge >= 0.3 is 6.03 Å². The van der Waals surface area contributed by atoms with Crippen LogP contribution in [0, 0.1) is 0 Å². The van der Waals surface area contributed by atoms with Gasteiger partial charge in [-0.2, -0.15) is 0 Å². The third kappa shape index (κ3) is 8.09. The third-order valence-corrected chi connectivity index (χ3v) is 9.39. The summed E-state index contributed by atoms with van der Waals surface area (Å²) in [5.41, 5.74) is -4.08. The molecule has 1 heterocycles. The van der Waals surface area contributed by atoms with E-state index in [1.807, 2.05) is 0 Å². The number of carbonyl (C=O) groups is 4. The number of rotatable bonds is 15. The predicted molar refractivity (Wildman–Crippen MR) is 179 cm³/mol. The van der Waals surface area contributed by atoms with Gasteiger partial charge in [0.1, 0.15) is 35.6 Å². The van der Waals surface area contributed by atoms with Crippen LogP contribution >= 0.6 is 0 Å². The molecule has 0 radical (unpaired) electrons. The van der Waals surface area contributed by atoms with Crippen LogP contribution in [0.2, 0.25) is 0 Å². The van der Waals surface area contributed by atoms with Crippen molar-refractivity contribution in [3.63, 3.8) is 0 Å². The van der Waals surface area contributed by atoms with E-state index in [-0.39, 0.29) is 73.9 Å². The lowest BCUT2D eigenvalue weighted by Crippen LogP contribution is -2.57. The molecular formula is C35H41N3O15. The number of hydrogen-bond acceptors (Lipinski definition) is 16. The summed E-state index contributed by atoms with van der Waals surface area (Å²) in [6.07, 6.45) is -4.82. The molecule has 53 heavy (non-hydrogen) atoms. The molecule has 18 nitrogen and oxygen atoms in total. The maximum atomic E-state index is 13.9. The van der Waals surface area contributed by atoms with Crippen molar-refractivity contribution in [2.45, 2.75) is 62.4 Å². The number of hydrogen-bond donors (Lipinski definition) is 7. The summed E-state index contributed by atoms with van der Waals surface area (Å²) in [6, 6.07) is 2.71. The topological polar surface area (TPSA) is 269 Å². The second-order valence-corrected chi connectivity index (χ2v) is 12.7. The van der Waals surface area contributed by atoms with Gasteiger partial charge in [0.25, 0.3) is 0 Å². The van der Waals surface area contributed by atoms with E-state index in [9.17, 15) is 49.5 Å². The van der Waals surface area contributed by atoms with Crippen LogP contribution in [0.1, 0.15) is 68.8 Å². The Labute approximate surface area is 302 Å². The van der Waals surface area contributed by atoms with Crippen LogP contribution in [-0.4, -0.2) is 138 Å². The maximum Gasteiger partial charge on any atom is 0.315 e. The number of carbonyl (C=O) groups excluding carboxylic acids is 5. The zero-order valence-corrected chi connectivity index (χ0v) is 29.0. The molecule has 1 fully saturated rings. The fourth-order valence-electron chi connectivity index (χ4n) is 6.79. The Bertz CT molecular complexity index is 1790. The summed E-state index contributed by atoms with van der Waals surface area (Å²) >= 11 is 0. The summed E-state index contributed by atoms with van der Waals surface area (Å²) in [5.74, 6) is -4.10. The Kier molecular flexibility index (Phi) is 12.6. The van der Waals surface area contributed by atoms with Crippen molar-refractivity contribution in [3.8, 4) is 17.2 Å². The molecule has 1 saturated heterocycles. The number of phenolic OH excluding ortho intramolecular Hbond substituents is 2. The number of aromatic hydroxyl groups is 2. The molecule has 6 atom stereocenters. The number of aliphatic hydroxyl groups is 3. The minimum atomic E-state index is -2.34. The average Bonchev–Trinajstić information content (AvgIpc) is 3.13. The first-order chi connectivity index (χ1) is 25.4. The van der Waals surface area contributed by atoms with Crippen molar-refractivity contribution >= 4 is 29.5 Å². The van der Waals surface area contributed by atoms with Crippen molar-refractivity contribution < 1.29 is 73.2 Å². The highest BCUT2D eigenvalue weighted by Crippen LogP contribution is 2.52. The maximum absolute atomic E-state index is 13.9. The van der Waals surface area contributed by atoms with Crippen LogP contribution in [0.4, 0.5) is 4.79 Å². The lowest BCUT2D eigenvalue weighted by atomic mass is 9.72. The van der Waals surface area contributed by atoms with Gasteiger partial charge in [0.15, 0.2) is 17.9 Å². The minimum Gasteiger partial charge on any atom is -0.507 e. The van der Waals surface area contributed by atoms with Gasteiger partial charge in [-0.05, 0) is 13.0 Å². The van der Waals surface area contributed by atoms with Gasteiger partial charge in [-0.25, -0.2) is 14.6 Å². The van der Waals surface area contributed by atoms with E-state index in [0.29, 0.717) is 0 Å². The number of aliphatic imine (C=N–C) groups is 1. The summed E-state index contributed by atoms with van der Waals surface area (Å²) in [5, 5.41) is 60.5. The quantitative estimate of drug-likeness (QED) is 0.0456. The second kappa shape index (κ2) is 16.9. The molecule has 7 N–H and O–H groups in total. The first-order valence-electron chi connectivity index (χ1n) is 16.8. The van der Waals surface area contributed by atoms with Crippen LogP contribution in [0.3, 0.4) is 0 Å². The average molecular weight is 744 g/mol. The number of Topliss-reactive ketones (excluding diaryl/α,β-unsaturated/α-hetero) is 1. The van der Waals surface area contributed by atoms with Crippen LogP contribution in [-0.2, 0) is 35.0 Å². The molecule has 2 amide bonds. The van der Waals surface area contributed by atoms with E-state index in [2.05, 4.69) is 15.6 Å². The number of nitrogens with zero attached hydrogens (tertiary/aromatic N) is 1. The SMILES string of the molecule is COc1cccc2c1C(=O)c1c(O)c3c(c(O)c1C2=O)C[C@@](O)(C(=O)CO)C[C@@H]3OC1CC(NC(=O)NCCOCCOCCN=C=O)[C@@H](O)[C@@H](C)O1. The molecule has 286 valence electrons. The Hall–Kier alpha value is -4.78. The number of ketones is 3. The van der Waals surface area contributed by atoms with Gasteiger partial charge in [-0.1, -0.05) is 12.1 Å². The first kappa shape index (κ1) is 39.4. The van der Waals surface area contributed by atoms with Crippen LogP contribution in [0.15, 0.2) is 23.2 Å². The fraction of sp³-hybridized carbons (Fsp3) is 0.514. The smallest absolute Gasteiger partial charge is 0.315 e. The molecular weight excluding hydrogens is 702 g/mol. The molecule has 3 aliphatic rings. The molecule has 2 aliphatic carbocycles. The molecule has 1 aliphatic heterocycles. The van der Waals surface area contributed by atoms with Crippen molar-refractivity contribution in [1.29, 1.82) is 0 Å².